The first-order chi connectivity index (χ1) is 20.4. The fourth-order valence-corrected chi connectivity index (χ4v) is 7.42. The molecule has 15 heteroatoms. The first-order valence-electron chi connectivity index (χ1n) is 15.3. The van der Waals surface area contributed by atoms with Gasteiger partial charge in [-0.2, -0.15) is 0 Å². The summed E-state index contributed by atoms with van der Waals surface area (Å²) in [5, 5.41) is 93.9. The van der Waals surface area contributed by atoms with Crippen LogP contribution in [-0.4, -0.2) is 169 Å². The topological polar surface area (TPSA) is 241 Å². The molecule has 2 saturated carbocycles. The van der Waals surface area contributed by atoms with Crippen molar-refractivity contribution in [3.63, 3.8) is 0 Å². The fourth-order valence-electron chi connectivity index (χ4n) is 7.42. The molecule has 9 unspecified atom stereocenters. The van der Waals surface area contributed by atoms with Crippen LogP contribution in [0.5, 0.6) is 0 Å². The first kappa shape index (κ1) is 33.8. The zero-order valence-electron chi connectivity index (χ0n) is 24.4. The molecule has 0 radical (unpaired) electrons. The Morgan fingerprint density at radius 1 is 0.698 bits per heavy atom. The number of methoxy groups -OCH3 is 1. The van der Waals surface area contributed by atoms with E-state index < -0.39 is 105 Å². The number of aliphatic hydroxyl groups excluding tert-OH is 9. The lowest BCUT2D eigenvalue weighted by Gasteiger charge is -2.48. The molecule has 0 aromatic heterocycles. The average Bonchev–Trinajstić information content (AvgIpc) is 2.98. The summed E-state index contributed by atoms with van der Waals surface area (Å²) in [5.74, 6) is -0.374. The Kier molecular flexibility index (Phi) is 11.0. The van der Waals surface area contributed by atoms with Crippen LogP contribution in [0.25, 0.3) is 0 Å². The highest BCUT2D eigenvalue weighted by Crippen LogP contribution is 2.42. The van der Waals surface area contributed by atoms with E-state index in [-0.39, 0.29) is 24.4 Å². The maximum atomic E-state index is 10.9. The number of aliphatic hydroxyl groups is 11. The number of fused-ring (bicyclic) bond motifs is 1. The van der Waals surface area contributed by atoms with Crippen LogP contribution in [-0.2, 0) is 23.7 Å². The van der Waals surface area contributed by atoms with Gasteiger partial charge in [0.2, 0.25) is 0 Å². The molecule has 3 heterocycles. The van der Waals surface area contributed by atoms with E-state index in [1.165, 1.54) is 14.0 Å². The predicted octanol–water partition coefficient (Wildman–Crippen LogP) is -4.00. The lowest BCUT2D eigenvalue weighted by molar-refractivity contribution is -0.362. The van der Waals surface area contributed by atoms with Crippen molar-refractivity contribution in [1.82, 2.24) is 0 Å². The second kappa shape index (κ2) is 14.0. The van der Waals surface area contributed by atoms with Crippen molar-refractivity contribution >= 4 is 0 Å². The molecule has 0 aromatic rings. The molecule has 5 aliphatic rings. The van der Waals surface area contributed by atoms with Crippen molar-refractivity contribution in [2.45, 2.75) is 150 Å². The number of hydrogen-bond acceptors (Lipinski definition) is 14. The van der Waals surface area contributed by atoms with Crippen LogP contribution in [0.3, 0.4) is 0 Å². The standard InChI is InChI=1S/C28H48O15/c1-10-20(32)22(34)24(36)27(40-10)39-9-19-21(33)23(35)25(37)28(43-19)42-18-8-13-15(31)6-12(29)7-16(13)41-26(18)11-3-4-14(30)17(5-11)38-2/h10-37H,3-9H2,1-2H3/p+1/t10-,11?,12?,13?,14?,15?,16?,17?,18?,19+,20-,21+,22+,23-,24+,25+,26?,27+,28+/m0/s1. The molecule has 10 N–H and O–H groups in total. The first-order valence-corrected chi connectivity index (χ1v) is 15.3. The molecule has 3 aliphatic heterocycles. The van der Waals surface area contributed by atoms with Gasteiger partial charge < -0.3 is 74.4 Å². The number of rotatable bonds is 7. The van der Waals surface area contributed by atoms with Gasteiger partial charge in [-0.1, -0.05) is 0 Å². The molecule has 43 heavy (non-hydrogen) atoms. The van der Waals surface area contributed by atoms with Gasteiger partial charge >= 0.3 is 0 Å². The Morgan fingerprint density at radius 2 is 1.40 bits per heavy atom. The summed E-state index contributed by atoms with van der Waals surface area (Å²) in [6, 6.07) is 0. The lowest BCUT2D eigenvalue weighted by Crippen LogP contribution is -2.63. The molecule has 0 bridgehead atoms. The van der Waals surface area contributed by atoms with Crippen LogP contribution < -0.4 is 0 Å². The van der Waals surface area contributed by atoms with Gasteiger partial charge in [0.05, 0.1) is 43.0 Å². The van der Waals surface area contributed by atoms with Gasteiger partial charge in [-0.05, 0) is 32.6 Å². The van der Waals surface area contributed by atoms with Crippen molar-refractivity contribution in [2.24, 2.45) is 11.8 Å². The highest BCUT2D eigenvalue weighted by Gasteiger charge is 2.55. The predicted molar refractivity (Wildman–Crippen MR) is 143 cm³/mol. The molecule has 5 fully saturated rings. The average molecular weight is 626 g/mol. The van der Waals surface area contributed by atoms with Crippen LogP contribution in [0.2, 0.25) is 0 Å². The summed E-state index contributed by atoms with van der Waals surface area (Å²) >= 11 is 0. The van der Waals surface area contributed by atoms with Crippen LogP contribution in [0, 0.1) is 11.8 Å². The second-order valence-electron chi connectivity index (χ2n) is 12.9. The van der Waals surface area contributed by atoms with Crippen molar-refractivity contribution in [1.29, 1.82) is 0 Å². The molecule has 0 amide bonds. The maximum Gasteiger partial charge on any atom is 0.187 e. The third-order valence-corrected chi connectivity index (χ3v) is 10.1. The smallest absolute Gasteiger partial charge is 0.187 e. The monoisotopic (exact) mass is 625 g/mol. The molecule has 2 aliphatic carbocycles. The molecule has 5 rings (SSSR count). The molecular formula is C28H49O15+. The highest BCUT2D eigenvalue weighted by atomic mass is 16.7. The van der Waals surface area contributed by atoms with E-state index >= 15 is 0 Å². The Hall–Kier alpha value is -0.600. The van der Waals surface area contributed by atoms with Gasteiger partial charge in [-0.25, -0.2) is 0 Å². The van der Waals surface area contributed by atoms with E-state index in [4.69, 9.17) is 28.4 Å². The van der Waals surface area contributed by atoms with Crippen molar-refractivity contribution in [3.05, 3.63) is 0 Å². The van der Waals surface area contributed by atoms with Gasteiger partial charge in [0.15, 0.2) is 24.8 Å². The number of ether oxygens (including phenoxy) is 6. The minimum Gasteiger partial charge on any atom is -0.427 e. The van der Waals surface area contributed by atoms with E-state index in [2.05, 4.69) is 0 Å². The molecule has 0 spiro atoms. The summed E-state index contributed by atoms with van der Waals surface area (Å²) in [6.07, 6.45) is -15.6. The van der Waals surface area contributed by atoms with Gasteiger partial charge in [-0.3, -0.25) is 0 Å². The summed E-state index contributed by atoms with van der Waals surface area (Å²) in [5.41, 5.74) is 0. The van der Waals surface area contributed by atoms with Crippen molar-refractivity contribution in [2.75, 3.05) is 13.7 Å². The summed E-state index contributed by atoms with van der Waals surface area (Å²) in [4.78, 5) is 0. The molecule has 0 aromatic carbocycles. The van der Waals surface area contributed by atoms with E-state index in [1.54, 1.807) is 0 Å². The highest BCUT2D eigenvalue weighted by molar-refractivity contribution is 4.98. The zero-order chi connectivity index (χ0) is 31.2. The lowest BCUT2D eigenvalue weighted by atomic mass is 9.72. The maximum absolute atomic E-state index is 10.9. The normalized spacial score (nSPS) is 54.6. The molecule has 15 nitrogen and oxygen atoms in total. The second-order valence-corrected chi connectivity index (χ2v) is 12.9. The minimum absolute atomic E-state index is 0.0698. The van der Waals surface area contributed by atoms with Gasteiger partial charge in [0.1, 0.15) is 48.8 Å². The summed E-state index contributed by atoms with van der Waals surface area (Å²) in [6.45, 7) is 1.08. The quantitative estimate of drug-likeness (QED) is 0.123. The van der Waals surface area contributed by atoms with E-state index in [9.17, 15) is 46.0 Å². The molecule has 19 atom stereocenters. The van der Waals surface area contributed by atoms with Crippen LogP contribution in [0.1, 0.15) is 45.4 Å². The summed E-state index contributed by atoms with van der Waals surface area (Å²) < 4.78 is 33.7. The molecular weight excluding hydrogens is 576 g/mol. The van der Waals surface area contributed by atoms with Crippen LogP contribution >= 0.6 is 0 Å². The van der Waals surface area contributed by atoms with Crippen LogP contribution in [0.15, 0.2) is 0 Å². The third kappa shape index (κ3) is 7.06. The van der Waals surface area contributed by atoms with Gasteiger partial charge in [0.25, 0.3) is 0 Å². The Bertz CT molecular complexity index is 898. The molecule has 3 saturated heterocycles. The SMILES string of the molecule is COC1CC(C2[OH+]C3CC(O)CC(O)C3CC2O[C@@H]2O[C@H](CO[C@@H]3O[C@@H](C)[C@H](O)[C@@H](O)[C@H]3O)[C@@H](O)[C@H](O)[C@H]2O)CCC1O. The number of hydrogen-bond donors (Lipinski definition) is 9. The van der Waals surface area contributed by atoms with Gasteiger partial charge in [-0.15, -0.1) is 0 Å². The van der Waals surface area contributed by atoms with E-state index in [0.717, 1.165) is 0 Å². The Morgan fingerprint density at radius 3 is 2.12 bits per heavy atom. The summed E-state index contributed by atoms with van der Waals surface area (Å²) in [7, 11) is 1.54. The van der Waals surface area contributed by atoms with E-state index in [1.807, 2.05) is 0 Å². The Labute approximate surface area is 249 Å². The Balaban J connectivity index is 1.30. The van der Waals surface area contributed by atoms with Crippen LogP contribution in [0.4, 0.5) is 0 Å². The fraction of sp³-hybridized carbons (Fsp3) is 1.00. The van der Waals surface area contributed by atoms with E-state index in [0.29, 0.717) is 32.1 Å². The zero-order valence-corrected chi connectivity index (χ0v) is 24.4. The van der Waals surface area contributed by atoms with Crippen molar-refractivity contribution < 1.29 is 74.4 Å². The molecule has 250 valence electrons. The largest absolute Gasteiger partial charge is 0.427 e. The third-order valence-electron chi connectivity index (χ3n) is 10.1. The van der Waals surface area contributed by atoms with Gasteiger partial charge in [0, 0.05) is 25.9 Å². The van der Waals surface area contributed by atoms with Crippen molar-refractivity contribution in [3.8, 4) is 0 Å². The minimum atomic E-state index is -1.68.